The van der Waals surface area contributed by atoms with Gasteiger partial charge in [0.1, 0.15) is 0 Å². The fourth-order valence-corrected chi connectivity index (χ4v) is 12.0. The van der Waals surface area contributed by atoms with Crippen molar-refractivity contribution in [2.75, 3.05) is 0 Å². The number of nitrogens with zero attached hydrogens (tertiary/aromatic N) is 2. The van der Waals surface area contributed by atoms with Gasteiger partial charge in [0.15, 0.2) is 0 Å². The van der Waals surface area contributed by atoms with Crippen molar-refractivity contribution < 1.29 is 20.1 Å². The molecule has 0 spiro atoms. The minimum absolute atomic E-state index is 0. The molecule has 4 fully saturated rings. The molecule has 4 saturated carbocycles. The van der Waals surface area contributed by atoms with Crippen molar-refractivity contribution in [1.82, 2.24) is 9.97 Å². The second-order valence-electron chi connectivity index (χ2n) is 17.7. The van der Waals surface area contributed by atoms with Crippen molar-refractivity contribution >= 4 is 26.5 Å². The molecule has 1 unspecified atom stereocenters. The average molecular weight is 897 g/mol. The van der Waals surface area contributed by atoms with E-state index in [2.05, 4.69) is 124 Å². The number of fused-ring (bicyclic) bond motifs is 1. The zero-order chi connectivity index (χ0) is 35.6. The molecule has 0 saturated heterocycles. The van der Waals surface area contributed by atoms with E-state index in [0.717, 1.165) is 46.2 Å². The van der Waals surface area contributed by atoms with Gasteiger partial charge in [-0.1, -0.05) is 107 Å². The summed E-state index contributed by atoms with van der Waals surface area (Å²) in [6.45, 7) is 14.5. The molecule has 2 heterocycles. The van der Waals surface area contributed by atoms with E-state index in [9.17, 15) is 0 Å². The molecule has 1 atom stereocenters. The Balaban J connectivity index is 0.000000178. The first-order valence-corrected chi connectivity index (χ1v) is 26.5. The first-order chi connectivity index (χ1) is 24.5. The number of rotatable bonds is 9. The third-order valence-corrected chi connectivity index (χ3v) is 15.9. The summed E-state index contributed by atoms with van der Waals surface area (Å²) in [6, 6.07) is 36.9. The van der Waals surface area contributed by atoms with E-state index < -0.39 is 16.1 Å². The molecule has 273 valence electrons. The molecular formula is C47H56IrN2Si2-2. The van der Waals surface area contributed by atoms with Crippen molar-refractivity contribution in [3.63, 3.8) is 0 Å². The van der Waals surface area contributed by atoms with Crippen LogP contribution in [0.15, 0.2) is 97.3 Å². The van der Waals surface area contributed by atoms with Crippen LogP contribution >= 0.6 is 0 Å². The Morgan fingerprint density at radius 2 is 1.23 bits per heavy atom. The molecule has 5 aromatic rings. The molecular weight excluding hydrogens is 841 g/mol. The second kappa shape index (κ2) is 16.6. The maximum absolute atomic E-state index is 4.79. The third kappa shape index (κ3) is 9.21. The number of hydrogen-bond acceptors (Lipinski definition) is 2. The SMILES string of the molecule is C[Si](C)(C)c1cnc(-c2[c-]cccc2)cc1-c1ccc(CC2CCCC2)cc1.C[Si](C)(C)c1cnc(-c2[c-]cccc2)cc1CC1CC2CC1C2.[Ir]. The predicted octanol–water partition coefficient (Wildman–Crippen LogP) is 11.2. The van der Waals surface area contributed by atoms with Gasteiger partial charge in [0.05, 0.1) is 16.1 Å². The summed E-state index contributed by atoms with van der Waals surface area (Å²) in [5, 5.41) is 2.98. The summed E-state index contributed by atoms with van der Waals surface area (Å²) in [5.74, 6) is 3.87. The average Bonchev–Trinajstić information content (AvgIpc) is 3.87. The van der Waals surface area contributed by atoms with Gasteiger partial charge in [-0.05, 0) is 94.2 Å². The Labute approximate surface area is 329 Å². The number of aromatic nitrogens is 2. The molecule has 0 N–H and O–H groups in total. The van der Waals surface area contributed by atoms with Crippen LogP contribution in [-0.2, 0) is 32.9 Å². The van der Waals surface area contributed by atoms with Crippen LogP contribution in [0, 0.1) is 35.8 Å². The summed E-state index contributed by atoms with van der Waals surface area (Å²) in [4.78, 5) is 9.57. The van der Waals surface area contributed by atoms with Crippen LogP contribution in [0.4, 0.5) is 0 Å². The van der Waals surface area contributed by atoms with Gasteiger partial charge < -0.3 is 9.97 Å². The quantitative estimate of drug-likeness (QED) is 0.109. The van der Waals surface area contributed by atoms with Gasteiger partial charge in [-0.3, -0.25) is 0 Å². The van der Waals surface area contributed by atoms with Gasteiger partial charge >= 0.3 is 0 Å². The molecule has 9 rings (SSSR count). The monoisotopic (exact) mass is 897 g/mol. The molecule has 4 aliphatic carbocycles. The Bertz CT molecular complexity index is 1900. The summed E-state index contributed by atoms with van der Waals surface area (Å²) >= 11 is 0. The van der Waals surface area contributed by atoms with Crippen molar-refractivity contribution in [3.05, 3.63) is 121 Å². The van der Waals surface area contributed by atoms with Gasteiger partial charge in [-0.15, -0.1) is 71.8 Å². The fourth-order valence-electron chi connectivity index (χ4n) is 8.92. The number of hydrogen-bond donors (Lipinski definition) is 0. The second-order valence-corrected chi connectivity index (χ2v) is 27.8. The maximum Gasteiger partial charge on any atom is 0.0803 e. The first kappa shape index (κ1) is 38.8. The fraction of sp³-hybridized carbons (Fsp3) is 0.404. The van der Waals surface area contributed by atoms with Gasteiger partial charge in [-0.25, -0.2) is 0 Å². The summed E-state index contributed by atoms with van der Waals surface area (Å²) < 4.78 is 0. The van der Waals surface area contributed by atoms with E-state index in [1.807, 2.05) is 24.3 Å². The number of pyridine rings is 2. The largest absolute Gasteiger partial charge is 0.305 e. The van der Waals surface area contributed by atoms with Crippen LogP contribution in [0.5, 0.6) is 0 Å². The van der Waals surface area contributed by atoms with Crippen LogP contribution in [-0.4, -0.2) is 26.1 Å². The van der Waals surface area contributed by atoms with Crippen LogP contribution in [0.2, 0.25) is 39.3 Å². The zero-order valence-electron chi connectivity index (χ0n) is 32.1. The molecule has 0 aliphatic heterocycles. The maximum atomic E-state index is 4.79. The van der Waals surface area contributed by atoms with Crippen molar-refractivity contribution in [2.24, 2.45) is 23.7 Å². The van der Waals surface area contributed by atoms with Gasteiger partial charge in [-0.2, -0.15) is 0 Å². The van der Waals surface area contributed by atoms with Gasteiger partial charge in [0.2, 0.25) is 0 Å². The molecule has 1 radical (unpaired) electrons. The molecule has 2 nitrogen and oxygen atoms in total. The molecule has 3 aromatic carbocycles. The molecule has 5 heteroatoms. The van der Waals surface area contributed by atoms with E-state index in [-0.39, 0.29) is 20.1 Å². The van der Waals surface area contributed by atoms with E-state index in [0.29, 0.717) is 0 Å². The van der Waals surface area contributed by atoms with Crippen molar-refractivity contribution in [2.45, 2.75) is 97.1 Å². The topological polar surface area (TPSA) is 25.8 Å². The van der Waals surface area contributed by atoms with Crippen LogP contribution < -0.4 is 10.4 Å². The van der Waals surface area contributed by atoms with E-state index in [1.165, 1.54) is 79.7 Å². The van der Waals surface area contributed by atoms with Crippen molar-refractivity contribution in [1.29, 1.82) is 0 Å². The Morgan fingerprint density at radius 1 is 0.654 bits per heavy atom. The third-order valence-electron chi connectivity index (χ3n) is 11.8. The standard InChI is InChI=1S/C26H30NSi.C21H26NSi.Ir/c1-28(2,3)26-19-27-25(23-11-5-4-6-12-23)18-24(26)22-15-13-21(14-16-22)17-20-9-7-8-10-20;1-23(2,3)21-14-22-20(16-7-5-4-6-8-16)13-19(21)12-18-11-15-9-17(18)10-15;/h4-6,11,13-16,18-20H,7-10,17H2,1-3H3;4-7,13-15,17-18H,9-12H2,1-3H3;/q2*-1;. The zero-order valence-corrected chi connectivity index (χ0v) is 36.5. The molecule has 0 amide bonds. The predicted molar refractivity (Wildman–Crippen MR) is 222 cm³/mol. The molecule has 2 aromatic heterocycles. The van der Waals surface area contributed by atoms with Crippen LogP contribution in [0.1, 0.15) is 56.1 Å². The van der Waals surface area contributed by atoms with Gasteiger partial charge in [0.25, 0.3) is 0 Å². The van der Waals surface area contributed by atoms with E-state index >= 15 is 0 Å². The molecule has 52 heavy (non-hydrogen) atoms. The van der Waals surface area contributed by atoms with Crippen LogP contribution in [0.25, 0.3) is 33.6 Å². The van der Waals surface area contributed by atoms with E-state index in [1.54, 1.807) is 10.8 Å². The molecule has 4 aliphatic rings. The normalized spacial score (nSPS) is 19.7. The molecule has 2 bridgehead atoms. The number of benzene rings is 3. The first-order valence-electron chi connectivity index (χ1n) is 19.5. The summed E-state index contributed by atoms with van der Waals surface area (Å²) in [5.41, 5.74) is 9.98. The summed E-state index contributed by atoms with van der Waals surface area (Å²) in [7, 11) is -2.86. The van der Waals surface area contributed by atoms with Crippen molar-refractivity contribution in [3.8, 4) is 33.6 Å². The van der Waals surface area contributed by atoms with Gasteiger partial charge in [0, 0.05) is 32.5 Å². The van der Waals surface area contributed by atoms with E-state index in [4.69, 9.17) is 9.97 Å². The Kier molecular flexibility index (Phi) is 12.4. The summed E-state index contributed by atoms with van der Waals surface area (Å²) in [6.07, 6.45) is 16.9. The Hall–Kier alpha value is -2.96. The minimum atomic E-state index is -1.50. The minimum Gasteiger partial charge on any atom is -0.305 e. The van der Waals surface area contributed by atoms with Crippen LogP contribution in [0.3, 0.4) is 0 Å². The smallest absolute Gasteiger partial charge is 0.0803 e. The Morgan fingerprint density at radius 3 is 1.75 bits per heavy atom.